The zero-order valence-corrected chi connectivity index (χ0v) is 12.7. The lowest BCUT2D eigenvalue weighted by atomic mass is 10.1. The van der Waals surface area contributed by atoms with Crippen LogP contribution in [-0.2, 0) is 6.42 Å². The van der Waals surface area contributed by atoms with E-state index in [1.54, 1.807) is 12.1 Å². The van der Waals surface area contributed by atoms with Crippen molar-refractivity contribution in [3.63, 3.8) is 0 Å². The number of nitrogens with zero attached hydrogens (tertiary/aromatic N) is 1. The summed E-state index contributed by atoms with van der Waals surface area (Å²) in [5.74, 6) is 0.245. The summed E-state index contributed by atoms with van der Waals surface area (Å²) in [6.45, 7) is 5.99. The molecule has 3 N–H and O–H groups in total. The first kappa shape index (κ1) is 15.0. The van der Waals surface area contributed by atoms with Gasteiger partial charge in [-0.15, -0.1) is 0 Å². The molecular formula is C17H21N3O. The lowest BCUT2D eigenvalue weighted by molar-refractivity contribution is 0.0939. The Labute approximate surface area is 125 Å². The minimum Gasteiger partial charge on any atom is -0.384 e. The van der Waals surface area contributed by atoms with Gasteiger partial charge in [0.25, 0.3) is 5.91 Å². The minimum atomic E-state index is -0.133. The Kier molecular flexibility index (Phi) is 4.58. The van der Waals surface area contributed by atoms with Crippen LogP contribution >= 0.6 is 0 Å². The molecule has 21 heavy (non-hydrogen) atoms. The highest BCUT2D eigenvalue weighted by atomic mass is 16.1. The predicted molar refractivity (Wildman–Crippen MR) is 85.1 cm³/mol. The second kappa shape index (κ2) is 6.39. The van der Waals surface area contributed by atoms with Gasteiger partial charge in [-0.05, 0) is 38.0 Å². The normalized spacial score (nSPS) is 12.0. The van der Waals surface area contributed by atoms with E-state index in [4.69, 9.17) is 5.73 Å². The van der Waals surface area contributed by atoms with Gasteiger partial charge >= 0.3 is 0 Å². The molecule has 1 aromatic carbocycles. The second-order valence-corrected chi connectivity index (χ2v) is 5.23. The number of nitrogens with one attached hydrogen (secondary N) is 1. The number of hydrogen-bond acceptors (Lipinski definition) is 3. The first-order valence-electron chi connectivity index (χ1n) is 7.13. The average molecular weight is 283 g/mol. The van der Waals surface area contributed by atoms with Crippen molar-refractivity contribution >= 4 is 11.7 Å². The lowest BCUT2D eigenvalue weighted by Crippen LogP contribution is -2.27. The standard InChI is InChI=1S/C17H21N3O/c1-4-15-9-14(10-16(18)20-15)17(21)19-12(3)13-7-5-11(2)6-8-13/h5-10,12H,4H2,1-3H3,(H2,18,20)(H,19,21). The Balaban J connectivity index is 2.13. The molecule has 0 aliphatic carbocycles. The zero-order chi connectivity index (χ0) is 15.4. The molecule has 0 saturated carbocycles. The van der Waals surface area contributed by atoms with Crippen molar-refractivity contribution in [2.45, 2.75) is 33.2 Å². The van der Waals surface area contributed by atoms with Gasteiger partial charge in [0, 0.05) is 11.3 Å². The van der Waals surface area contributed by atoms with Crippen molar-refractivity contribution in [2.75, 3.05) is 5.73 Å². The Morgan fingerprint density at radius 2 is 1.95 bits per heavy atom. The van der Waals surface area contributed by atoms with E-state index >= 15 is 0 Å². The van der Waals surface area contributed by atoms with Crippen LogP contribution < -0.4 is 11.1 Å². The molecule has 1 unspecified atom stereocenters. The van der Waals surface area contributed by atoms with Gasteiger partial charge in [0.15, 0.2) is 0 Å². The summed E-state index contributed by atoms with van der Waals surface area (Å²) in [7, 11) is 0. The number of nitrogens with two attached hydrogens (primary N) is 1. The molecule has 0 radical (unpaired) electrons. The number of aromatic nitrogens is 1. The summed E-state index contributed by atoms with van der Waals surface area (Å²) in [6, 6.07) is 11.5. The van der Waals surface area contributed by atoms with Crippen molar-refractivity contribution in [1.82, 2.24) is 10.3 Å². The average Bonchev–Trinajstić information content (AvgIpc) is 2.47. The maximum Gasteiger partial charge on any atom is 0.251 e. The Hall–Kier alpha value is -2.36. The summed E-state index contributed by atoms with van der Waals surface area (Å²) in [6.07, 6.45) is 0.749. The van der Waals surface area contributed by atoms with E-state index in [0.29, 0.717) is 11.4 Å². The van der Waals surface area contributed by atoms with Crippen LogP contribution in [0.2, 0.25) is 0 Å². The Bertz CT molecular complexity index is 635. The Morgan fingerprint density at radius 1 is 1.29 bits per heavy atom. The molecule has 0 spiro atoms. The molecule has 0 bridgehead atoms. The van der Waals surface area contributed by atoms with Crippen molar-refractivity contribution in [2.24, 2.45) is 0 Å². The SMILES string of the molecule is CCc1cc(C(=O)NC(C)c2ccc(C)cc2)cc(N)n1. The van der Waals surface area contributed by atoms with Gasteiger partial charge in [-0.3, -0.25) is 4.79 Å². The van der Waals surface area contributed by atoms with Crippen LogP contribution in [0.3, 0.4) is 0 Å². The first-order valence-corrected chi connectivity index (χ1v) is 7.13. The molecule has 0 aliphatic rings. The van der Waals surface area contributed by atoms with Crippen molar-refractivity contribution in [3.05, 3.63) is 58.8 Å². The molecule has 0 aliphatic heterocycles. The molecule has 110 valence electrons. The summed E-state index contributed by atoms with van der Waals surface area (Å²) >= 11 is 0. The number of amides is 1. The van der Waals surface area contributed by atoms with Gasteiger partial charge < -0.3 is 11.1 Å². The number of rotatable bonds is 4. The minimum absolute atomic E-state index is 0.0578. The number of carbonyl (C=O) groups is 1. The summed E-state index contributed by atoms with van der Waals surface area (Å²) in [4.78, 5) is 16.5. The molecule has 1 aromatic heterocycles. The highest BCUT2D eigenvalue weighted by molar-refractivity contribution is 5.95. The van der Waals surface area contributed by atoms with Crippen molar-refractivity contribution < 1.29 is 4.79 Å². The fourth-order valence-electron chi connectivity index (χ4n) is 2.14. The molecule has 1 amide bonds. The van der Waals surface area contributed by atoms with Crippen LogP contribution in [0.5, 0.6) is 0 Å². The number of nitrogen functional groups attached to an aromatic ring is 1. The predicted octanol–water partition coefficient (Wildman–Crippen LogP) is 3.03. The molecule has 1 atom stereocenters. The number of pyridine rings is 1. The van der Waals surface area contributed by atoms with Gasteiger partial charge in [0.05, 0.1) is 6.04 Å². The highest BCUT2D eigenvalue weighted by Crippen LogP contribution is 2.15. The van der Waals surface area contributed by atoms with E-state index in [1.807, 2.05) is 45.0 Å². The van der Waals surface area contributed by atoms with Gasteiger partial charge in [-0.1, -0.05) is 36.8 Å². The van der Waals surface area contributed by atoms with Crippen molar-refractivity contribution in [1.29, 1.82) is 0 Å². The molecule has 0 fully saturated rings. The Morgan fingerprint density at radius 3 is 2.57 bits per heavy atom. The van der Waals surface area contributed by atoms with E-state index in [0.717, 1.165) is 17.7 Å². The lowest BCUT2D eigenvalue weighted by Gasteiger charge is -2.15. The molecular weight excluding hydrogens is 262 g/mol. The fourth-order valence-corrected chi connectivity index (χ4v) is 2.14. The van der Waals surface area contributed by atoms with Crippen LogP contribution in [0.4, 0.5) is 5.82 Å². The largest absolute Gasteiger partial charge is 0.384 e. The van der Waals surface area contributed by atoms with Gasteiger partial charge in [0.2, 0.25) is 0 Å². The van der Waals surface area contributed by atoms with E-state index in [1.165, 1.54) is 5.56 Å². The molecule has 0 saturated heterocycles. The number of hydrogen-bond donors (Lipinski definition) is 2. The van der Waals surface area contributed by atoms with Gasteiger partial charge in [0.1, 0.15) is 5.82 Å². The molecule has 4 heteroatoms. The highest BCUT2D eigenvalue weighted by Gasteiger charge is 2.13. The van der Waals surface area contributed by atoms with Gasteiger partial charge in [-0.25, -0.2) is 4.98 Å². The molecule has 2 rings (SSSR count). The third-order valence-corrected chi connectivity index (χ3v) is 3.45. The first-order chi connectivity index (χ1) is 9.99. The summed E-state index contributed by atoms with van der Waals surface area (Å²) in [5, 5.41) is 2.99. The van der Waals surface area contributed by atoms with E-state index in [9.17, 15) is 4.79 Å². The third kappa shape index (κ3) is 3.81. The summed E-state index contributed by atoms with van der Waals surface area (Å²) in [5.41, 5.74) is 9.39. The second-order valence-electron chi connectivity index (χ2n) is 5.23. The molecule has 4 nitrogen and oxygen atoms in total. The third-order valence-electron chi connectivity index (χ3n) is 3.45. The van der Waals surface area contributed by atoms with Crippen LogP contribution in [0.25, 0.3) is 0 Å². The van der Waals surface area contributed by atoms with Crippen LogP contribution in [0.1, 0.15) is 47.1 Å². The van der Waals surface area contributed by atoms with Crippen LogP contribution in [0, 0.1) is 6.92 Å². The molecule has 2 aromatic rings. The maximum absolute atomic E-state index is 12.3. The zero-order valence-electron chi connectivity index (χ0n) is 12.7. The van der Waals surface area contributed by atoms with E-state index in [2.05, 4.69) is 10.3 Å². The van der Waals surface area contributed by atoms with Crippen LogP contribution in [0.15, 0.2) is 36.4 Å². The monoisotopic (exact) mass is 283 g/mol. The smallest absolute Gasteiger partial charge is 0.251 e. The van der Waals surface area contributed by atoms with E-state index in [-0.39, 0.29) is 11.9 Å². The number of anilines is 1. The van der Waals surface area contributed by atoms with E-state index < -0.39 is 0 Å². The van der Waals surface area contributed by atoms with Crippen molar-refractivity contribution in [3.8, 4) is 0 Å². The van der Waals surface area contributed by atoms with Gasteiger partial charge in [-0.2, -0.15) is 0 Å². The molecule has 1 heterocycles. The number of benzene rings is 1. The number of aryl methyl sites for hydroxylation is 2. The quantitative estimate of drug-likeness (QED) is 0.906. The topological polar surface area (TPSA) is 68.0 Å². The maximum atomic E-state index is 12.3. The number of carbonyl (C=O) groups excluding carboxylic acids is 1. The summed E-state index contributed by atoms with van der Waals surface area (Å²) < 4.78 is 0. The fraction of sp³-hybridized carbons (Fsp3) is 0.294. The van der Waals surface area contributed by atoms with Crippen LogP contribution in [-0.4, -0.2) is 10.9 Å².